The van der Waals surface area contributed by atoms with E-state index in [1.165, 1.54) is 11.3 Å². The van der Waals surface area contributed by atoms with Crippen molar-refractivity contribution < 1.29 is 9.53 Å². The van der Waals surface area contributed by atoms with Crippen LogP contribution in [0.25, 0.3) is 11.1 Å². The molecule has 1 aromatic carbocycles. The van der Waals surface area contributed by atoms with E-state index in [4.69, 9.17) is 4.74 Å². The van der Waals surface area contributed by atoms with Crippen LogP contribution < -0.4 is 4.74 Å². The molecule has 4 heteroatoms. The van der Waals surface area contributed by atoms with Crippen LogP contribution in [0.3, 0.4) is 0 Å². The summed E-state index contributed by atoms with van der Waals surface area (Å²) in [4.78, 5) is 16.2. The number of rotatable bonds is 4. The Morgan fingerprint density at radius 2 is 2.10 bits per heavy atom. The molecule has 0 fully saturated rings. The number of aromatic nitrogens is 1. The van der Waals surface area contributed by atoms with Crippen LogP contribution in [0.1, 0.15) is 15.2 Å². The van der Waals surface area contributed by atoms with Crippen LogP contribution in [0.4, 0.5) is 0 Å². The average Bonchev–Trinajstić information content (AvgIpc) is 3.17. The minimum Gasteiger partial charge on any atom is -0.497 e. The molecule has 0 spiro atoms. The number of carbonyl (C=O) groups is 1. The van der Waals surface area contributed by atoms with Gasteiger partial charge in [0.15, 0.2) is 0 Å². The van der Waals surface area contributed by atoms with Crippen molar-refractivity contribution in [2.75, 3.05) is 7.11 Å². The molecule has 0 radical (unpaired) electrons. The first-order valence-corrected chi connectivity index (χ1v) is 7.07. The number of hydrogen-bond acceptors (Lipinski definition) is 3. The molecule has 2 heterocycles. The van der Waals surface area contributed by atoms with E-state index >= 15 is 0 Å². The van der Waals surface area contributed by atoms with Gasteiger partial charge in [-0.3, -0.25) is 4.79 Å². The van der Waals surface area contributed by atoms with Crippen LogP contribution in [-0.2, 0) is 0 Å². The molecule has 0 aliphatic carbocycles. The maximum Gasteiger partial charge on any atom is 0.205 e. The molecule has 0 bridgehead atoms. The van der Waals surface area contributed by atoms with Crippen molar-refractivity contribution >= 4 is 17.1 Å². The van der Waals surface area contributed by atoms with Gasteiger partial charge in [0.05, 0.1) is 12.0 Å². The SMILES string of the molecule is COc1cccc(-c2c[nH]cc2C(=O)c2cccs2)c1. The zero-order valence-corrected chi connectivity index (χ0v) is 11.7. The number of ketones is 1. The molecule has 3 nitrogen and oxygen atoms in total. The van der Waals surface area contributed by atoms with Gasteiger partial charge >= 0.3 is 0 Å². The van der Waals surface area contributed by atoms with Crippen LogP contribution in [0.2, 0.25) is 0 Å². The Kier molecular flexibility index (Phi) is 3.39. The number of benzene rings is 1. The molecule has 0 atom stereocenters. The lowest BCUT2D eigenvalue weighted by Crippen LogP contribution is -1.98. The molecule has 0 aliphatic heterocycles. The molecule has 100 valence electrons. The molecular weight excluding hydrogens is 270 g/mol. The fourth-order valence-electron chi connectivity index (χ4n) is 2.12. The number of carbonyl (C=O) groups excluding carboxylic acids is 1. The lowest BCUT2D eigenvalue weighted by molar-refractivity contribution is 0.104. The molecule has 0 unspecified atom stereocenters. The first kappa shape index (κ1) is 12.7. The summed E-state index contributed by atoms with van der Waals surface area (Å²) in [6.45, 7) is 0. The second-order valence-corrected chi connectivity index (χ2v) is 5.27. The maximum atomic E-state index is 12.5. The van der Waals surface area contributed by atoms with E-state index in [2.05, 4.69) is 4.98 Å². The van der Waals surface area contributed by atoms with E-state index in [1.54, 1.807) is 13.3 Å². The van der Waals surface area contributed by atoms with E-state index < -0.39 is 0 Å². The monoisotopic (exact) mass is 283 g/mol. The Balaban J connectivity index is 2.04. The van der Waals surface area contributed by atoms with E-state index in [9.17, 15) is 4.79 Å². The maximum absolute atomic E-state index is 12.5. The smallest absolute Gasteiger partial charge is 0.205 e. The second kappa shape index (κ2) is 5.35. The zero-order valence-electron chi connectivity index (χ0n) is 10.9. The molecule has 3 rings (SSSR count). The fraction of sp³-hybridized carbons (Fsp3) is 0.0625. The highest BCUT2D eigenvalue weighted by atomic mass is 32.1. The van der Waals surface area contributed by atoms with Crippen LogP contribution in [0, 0.1) is 0 Å². The lowest BCUT2D eigenvalue weighted by Gasteiger charge is -2.05. The van der Waals surface area contributed by atoms with Gasteiger partial charge in [-0.2, -0.15) is 0 Å². The largest absolute Gasteiger partial charge is 0.497 e. The third-order valence-corrected chi connectivity index (χ3v) is 3.98. The normalized spacial score (nSPS) is 10.4. The summed E-state index contributed by atoms with van der Waals surface area (Å²) in [6.07, 6.45) is 3.59. The van der Waals surface area contributed by atoms with Gasteiger partial charge in [0.2, 0.25) is 5.78 Å². The highest BCUT2D eigenvalue weighted by molar-refractivity contribution is 7.12. The summed E-state index contributed by atoms with van der Waals surface area (Å²) in [5, 5.41) is 1.91. The topological polar surface area (TPSA) is 42.1 Å². The second-order valence-electron chi connectivity index (χ2n) is 4.32. The van der Waals surface area contributed by atoms with Crippen molar-refractivity contribution in [3.63, 3.8) is 0 Å². The molecule has 3 aromatic rings. The van der Waals surface area contributed by atoms with Gasteiger partial charge in [-0.1, -0.05) is 18.2 Å². The number of hydrogen-bond donors (Lipinski definition) is 1. The number of ether oxygens (including phenoxy) is 1. The van der Waals surface area contributed by atoms with Crippen molar-refractivity contribution in [1.82, 2.24) is 4.98 Å². The highest BCUT2D eigenvalue weighted by Crippen LogP contribution is 2.29. The average molecular weight is 283 g/mol. The van der Waals surface area contributed by atoms with E-state index in [-0.39, 0.29) is 5.78 Å². The van der Waals surface area contributed by atoms with Gasteiger partial charge in [0, 0.05) is 23.5 Å². The fourth-order valence-corrected chi connectivity index (χ4v) is 2.80. The van der Waals surface area contributed by atoms with Gasteiger partial charge in [-0.05, 0) is 29.1 Å². The van der Waals surface area contributed by atoms with E-state index in [0.717, 1.165) is 21.8 Å². The highest BCUT2D eigenvalue weighted by Gasteiger charge is 2.16. The summed E-state index contributed by atoms with van der Waals surface area (Å²) >= 11 is 1.45. The van der Waals surface area contributed by atoms with Crippen LogP contribution in [0.5, 0.6) is 5.75 Å². The van der Waals surface area contributed by atoms with Gasteiger partial charge < -0.3 is 9.72 Å². The van der Waals surface area contributed by atoms with E-state index in [1.807, 2.05) is 48.0 Å². The van der Waals surface area contributed by atoms with Crippen LogP contribution >= 0.6 is 11.3 Å². The first-order chi connectivity index (χ1) is 9.79. The van der Waals surface area contributed by atoms with Gasteiger partial charge in [0.25, 0.3) is 0 Å². The molecule has 0 saturated carbocycles. The number of aromatic amines is 1. The Morgan fingerprint density at radius 3 is 2.85 bits per heavy atom. The third-order valence-electron chi connectivity index (χ3n) is 3.12. The lowest BCUT2D eigenvalue weighted by atomic mass is 10.0. The summed E-state index contributed by atoms with van der Waals surface area (Å²) in [6, 6.07) is 11.4. The molecule has 0 aliphatic rings. The quantitative estimate of drug-likeness (QED) is 0.736. The number of nitrogens with one attached hydrogen (secondary N) is 1. The van der Waals surface area contributed by atoms with Crippen molar-refractivity contribution in [3.8, 4) is 16.9 Å². The van der Waals surface area contributed by atoms with Crippen molar-refractivity contribution in [2.45, 2.75) is 0 Å². The molecule has 1 N–H and O–H groups in total. The van der Waals surface area contributed by atoms with E-state index in [0.29, 0.717) is 5.56 Å². The predicted molar refractivity (Wildman–Crippen MR) is 80.5 cm³/mol. The third kappa shape index (κ3) is 2.26. The summed E-state index contributed by atoms with van der Waals surface area (Å²) in [5.41, 5.74) is 2.54. The standard InChI is InChI=1S/C16H13NO2S/c1-19-12-5-2-4-11(8-12)13-9-17-10-14(13)16(18)15-6-3-7-20-15/h2-10,17H,1H3. The zero-order chi connectivity index (χ0) is 13.9. The first-order valence-electron chi connectivity index (χ1n) is 6.19. The summed E-state index contributed by atoms with van der Waals surface area (Å²) in [7, 11) is 1.63. The Labute approximate surface area is 120 Å². The minimum absolute atomic E-state index is 0.0408. The van der Waals surface area contributed by atoms with Gasteiger partial charge in [-0.25, -0.2) is 0 Å². The molecule has 0 saturated heterocycles. The number of H-pyrrole nitrogens is 1. The number of methoxy groups -OCH3 is 1. The summed E-state index contributed by atoms with van der Waals surface area (Å²) < 4.78 is 5.23. The molecule has 2 aromatic heterocycles. The Bertz CT molecular complexity index is 729. The molecule has 20 heavy (non-hydrogen) atoms. The molecular formula is C16H13NO2S. The van der Waals surface area contributed by atoms with Crippen LogP contribution in [-0.4, -0.2) is 17.9 Å². The van der Waals surface area contributed by atoms with Crippen molar-refractivity contribution in [3.05, 3.63) is 64.6 Å². The van der Waals surface area contributed by atoms with Crippen LogP contribution in [0.15, 0.2) is 54.2 Å². The van der Waals surface area contributed by atoms with Gasteiger partial charge in [-0.15, -0.1) is 11.3 Å². The number of thiophene rings is 1. The summed E-state index contributed by atoms with van der Waals surface area (Å²) in [5.74, 6) is 0.817. The Morgan fingerprint density at radius 1 is 1.20 bits per heavy atom. The van der Waals surface area contributed by atoms with Crippen molar-refractivity contribution in [1.29, 1.82) is 0 Å². The van der Waals surface area contributed by atoms with Gasteiger partial charge in [0.1, 0.15) is 5.75 Å². The van der Waals surface area contributed by atoms with Crippen molar-refractivity contribution in [2.24, 2.45) is 0 Å². The Hall–Kier alpha value is -2.33. The molecule has 0 amide bonds. The minimum atomic E-state index is 0.0408. The predicted octanol–water partition coefficient (Wildman–Crippen LogP) is 3.98.